The van der Waals surface area contributed by atoms with E-state index in [-0.39, 0.29) is 24.2 Å². The van der Waals surface area contributed by atoms with Crippen LogP contribution in [0.5, 0.6) is 0 Å². The van der Waals surface area contributed by atoms with Crippen molar-refractivity contribution >= 4 is 18.4 Å². The molecule has 0 saturated heterocycles. The van der Waals surface area contributed by atoms with Gasteiger partial charge in [-0.3, -0.25) is 4.79 Å². The summed E-state index contributed by atoms with van der Waals surface area (Å²) in [4.78, 5) is 10.7. The molecule has 0 aliphatic heterocycles. The summed E-state index contributed by atoms with van der Waals surface area (Å²) in [5.74, 6) is 0.901. The molecule has 4 heteroatoms. The summed E-state index contributed by atoms with van der Waals surface area (Å²) < 4.78 is 0. The molecule has 0 aromatic carbocycles. The Balaban J connectivity index is 0.000000980. The second-order valence-electron chi connectivity index (χ2n) is 4.78. The SMILES string of the molecule is Cl.NCC1(CC(=O)O)CC2CCC2C1. The monoisotopic (exact) mass is 219 g/mol. The summed E-state index contributed by atoms with van der Waals surface area (Å²) >= 11 is 0. The van der Waals surface area contributed by atoms with Crippen molar-refractivity contribution in [2.45, 2.75) is 32.1 Å². The molecule has 2 rings (SSSR count). The summed E-state index contributed by atoms with van der Waals surface area (Å²) in [5, 5.41) is 8.81. The lowest BCUT2D eigenvalue weighted by molar-refractivity contribution is -0.139. The number of fused-ring (bicyclic) bond motifs is 1. The Labute approximate surface area is 90.5 Å². The number of carbonyl (C=O) groups is 1. The molecule has 82 valence electrons. The van der Waals surface area contributed by atoms with Gasteiger partial charge >= 0.3 is 5.97 Å². The van der Waals surface area contributed by atoms with Gasteiger partial charge in [0.05, 0.1) is 6.42 Å². The summed E-state index contributed by atoms with van der Waals surface area (Å²) in [6.45, 7) is 0.548. The van der Waals surface area contributed by atoms with Crippen molar-refractivity contribution in [3.8, 4) is 0 Å². The maximum absolute atomic E-state index is 10.7. The van der Waals surface area contributed by atoms with Crippen LogP contribution in [0.2, 0.25) is 0 Å². The van der Waals surface area contributed by atoms with E-state index in [9.17, 15) is 4.79 Å². The van der Waals surface area contributed by atoms with Crippen LogP contribution in [0.25, 0.3) is 0 Å². The molecule has 0 amide bonds. The van der Waals surface area contributed by atoms with Crippen LogP contribution in [0.15, 0.2) is 0 Å². The quantitative estimate of drug-likeness (QED) is 0.759. The highest BCUT2D eigenvalue weighted by atomic mass is 35.5. The van der Waals surface area contributed by atoms with Gasteiger partial charge in [-0.2, -0.15) is 0 Å². The molecule has 2 saturated carbocycles. The molecule has 0 radical (unpaired) electrons. The maximum atomic E-state index is 10.7. The van der Waals surface area contributed by atoms with E-state index in [4.69, 9.17) is 10.8 Å². The largest absolute Gasteiger partial charge is 0.481 e. The normalized spacial score (nSPS) is 39.5. The van der Waals surface area contributed by atoms with Crippen molar-refractivity contribution in [3.63, 3.8) is 0 Å². The third-order valence-corrected chi connectivity index (χ3v) is 3.92. The second-order valence-corrected chi connectivity index (χ2v) is 4.78. The van der Waals surface area contributed by atoms with Crippen LogP contribution in [0.3, 0.4) is 0 Å². The molecule has 2 aliphatic carbocycles. The minimum absolute atomic E-state index is 0. The zero-order chi connectivity index (χ0) is 9.47. The van der Waals surface area contributed by atoms with Gasteiger partial charge in [-0.1, -0.05) is 0 Å². The van der Waals surface area contributed by atoms with Crippen molar-refractivity contribution in [1.82, 2.24) is 0 Å². The van der Waals surface area contributed by atoms with Crippen molar-refractivity contribution in [2.24, 2.45) is 23.0 Å². The summed E-state index contributed by atoms with van der Waals surface area (Å²) in [6, 6.07) is 0. The van der Waals surface area contributed by atoms with Crippen molar-refractivity contribution in [2.75, 3.05) is 6.54 Å². The minimum atomic E-state index is -0.688. The molecule has 0 spiro atoms. The maximum Gasteiger partial charge on any atom is 0.303 e. The number of nitrogens with two attached hydrogens (primary N) is 1. The Bertz CT molecular complexity index is 220. The van der Waals surface area contributed by atoms with Gasteiger partial charge in [0.25, 0.3) is 0 Å². The van der Waals surface area contributed by atoms with E-state index >= 15 is 0 Å². The van der Waals surface area contributed by atoms with Crippen LogP contribution >= 0.6 is 12.4 Å². The number of carboxylic acid groups (broad SMARTS) is 1. The van der Waals surface area contributed by atoms with Crippen LogP contribution in [-0.4, -0.2) is 17.6 Å². The summed E-state index contributed by atoms with van der Waals surface area (Å²) in [6.07, 6.45) is 4.98. The smallest absolute Gasteiger partial charge is 0.303 e. The number of rotatable bonds is 3. The van der Waals surface area contributed by atoms with Gasteiger partial charge < -0.3 is 10.8 Å². The second kappa shape index (κ2) is 4.07. The molecular weight excluding hydrogens is 202 g/mol. The molecule has 14 heavy (non-hydrogen) atoms. The molecule has 2 unspecified atom stereocenters. The zero-order valence-corrected chi connectivity index (χ0v) is 9.05. The Morgan fingerprint density at radius 3 is 2.14 bits per heavy atom. The van der Waals surface area contributed by atoms with E-state index in [0.29, 0.717) is 6.54 Å². The number of halogens is 1. The molecule has 2 aliphatic rings. The predicted octanol–water partition coefficient (Wildman–Crippen LogP) is 1.65. The Kier molecular flexibility index (Phi) is 3.43. The van der Waals surface area contributed by atoms with Crippen LogP contribution in [0.4, 0.5) is 0 Å². The molecule has 3 N–H and O–H groups in total. The van der Waals surface area contributed by atoms with Crippen LogP contribution in [0.1, 0.15) is 32.1 Å². The highest BCUT2D eigenvalue weighted by molar-refractivity contribution is 5.85. The lowest BCUT2D eigenvalue weighted by atomic mass is 9.77. The predicted molar refractivity (Wildman–Crippen MR) is 56.4 cm³/mol. The first kappa shape index (κ1) is 11.8. The molecule has 0 bridgehead atoms. The van der Waals surface area contributed by atoms with Gasteiger partial charge in [0, 0.05) is 0 Å². The van der Waals surface area contributed by atoms with Crippen molar-refractivity contribution < 1.29 is 9.90 Å². The van der Waals surface area contributed by atoms with Gasteiger partial charge in [0.2, 0.25) is 0 Å². The first-order chi connectivity index (χ1) is 6.15. The first-order valence-corrected chi connectivity index (χ1v) is 5.07. The number of hydrogen-bond acceptors (Lipinski definition) is 2. The third kappa shape index (κ3) is 1.89. The molecule has 0 aromatic rings. The topological polar surface area (TPSA) is 63.3 Å². The van der Waals surface area contributed by atoms with Gasteiger partial charge in [0.1, 0.15) is 0 Å². The molecule has 3 nitrogen and oxygen atoms in total. The lowest BCUT2D eigenvalue weighted by Gasteiger charge is -2.29. The Hall–Kier alpha value is -0.280. The Morgan fingerprint density at radius 2 is 1.86 bits per heavy atom. The summed E-state index contributed by atoms with van der Waals surface area (Å²) in [7, 11) is 0. The van der Waals surface area contributed by atoms with Gasteiger partial charge in [-0.15, -0.1) is 12.4 Å². The molecule has 0 aromatic heterocycles. The highest BCUT2D eigenvalue weighted by Crippen LogP contribution is 2.56. The van der Waals surface area contributed by atoms with E-state index in [0.717, 1.165) is 24.7 Å². The molecule has 2 atom stereocenters. The molecule has 0 heterocycles. The van der Waals surface area contributed by atoms with Crippen molar-refractivity contribution in [3.05, 3.63) is 0 Å². The van der Waals surface area contributed by atoms with Gasteiger partial charge in [-0.25, -0.2) is 0 Å². The fourth-order valence-corrected chi connectivity index (χ4v) is 3.08. The third-order valence-electron chi connectivity index (χ3n) is 3.92. The number of hydrogen-bond donors (Lipinski definition) is 2. The Morgan fingerprint density at radius 1 is 1.36 bits per heavy atom. The van der Waals surface area contributed by atoms with Gasteiger partial charge in [-0.05, 0) is 49.5 Å². The van der Waals surface area contributed by atoms with E-state index in [1.165, 1.54) is 12.8 Å². The number of carboxylic acids is 1. The first-order valence-electron chi connectivity index (χ1n) is 5.07. The van der Waals surface area contributed by atoms with Crippen LogP contribution in [-0.2, 0) is 4.79 Å². The highest BCUT2D eigenvalue weighted by Gasteiger charge is 2.49. The fraction of sp³-hybridized carbons (Fsp3) is 0.900. The number of aliphatic carboxylic acids is 1. The van der Waals surface area contributed by atoms with E-state index in [1.807, 2.05) is 0 Å². The molecular formula is C10H18ClNO2. The van der Waals surface area contributed by atoms with E-state index < -0.39 is 5.97 Å². The zero-order valence-electron chi connectivity index (χ0n) is 8.24. The average Bonchev–Trinajstić information content (AvgIpc) is 2.28. The molecule has 2 fully saturated rings. The summed E-state index contributed by atoms with van der Waals surface area (Å²) in [5.41, 5.74) is 5.65. The van der Waals surface area contributed by atoms with Crippen LogP contribution < -0.4 is 5.73 Å². The lowest BCUT2D eigenvalue weighted by Crippen LogP contribution is -2.30. The minimum Gasteiger partial charge on any atom is -0.481 e. The average molecular weight is 220 g/mol. The van der Waals surface area contributed by atoms with E-state index in [1.54, 1.807) is 0 Å². The van der Waals surface area contributed by atoms with E-state index in [2.05, 4.69) is 0 Å². The fourth-order valence-electron chi connectivity index (χ4n) is 3.08. The standard InChI is InChI=1S/C10H17NO2.ClH/c11-6-10(5-9(12)13)3-7-1-2-8(7)4-10;/h7-8H,1-6,11H2,(H,12,13);1H. The van der Waals surface area contributed by atoms with Crippen molar-refractivity contribution in [1.29, 1.82) is 0 Å². The van der Waals surface area contributed by atoms with Crippen LogP contribution in [0, 0.1) is 17.3 Å². The van der Waals surface area contributed by atoms with Gasteiger partial charge in [0.15, 0.2) is 0 Å².